The van der Waals surface area contributed by atoms with Crippen molar-refractivity contribution in [2.24, 2.45) is 0 Å². The van der Waals surface area contributed by atoms with Gasteiger partial charge < -0.3 is 5.32 Å². The van der Waals surface area contributed by atoms with E-state index >= 15 is 0 Å². The second kappa shape index (κ2) is 7.84. The van der Waals surface area contributed by atoms with Crippen LogP contribution in [0.2, 0.25) is 0 Å². The average molecular weight is 337 g/mol. The van der Waals surface area contributed by atoms with Crippen LogP contribution in [0.5, 0.6) is 0 Å². The third-order valence-corrected chi connectivity index (χ3v) is 4.53. The van der Waals surface area contributed by atoms with Gasteiger partial charge in [-0.15, -0.1) is 11.8 Å². The maximum absolute atomic E-state index is 12.3. The van der Waals surface area contributed by atoms with Crippen LogP contribution in [0.3, 0.4) is 0 Å². The minimum atomic E-state index is -0.138. The number of aromatic nitrogens is 2. The molecule has 0 spiro atoms. The fourth-order valence-electron chi connectivity index (χ4n) is 2.36. The van der Waals surface area contributed by atoms with Crippen molar-refractivity contribution in [3.63, 3.8) is 0 Å². The lowest BCUT2D eigenvalue weighted by atomic mass is 10.3. The number of benzene rings is 2. The van der Waals surface area contributed by atoms with E-state index in [4.69, 9.17) is 0 Å². The zero-order valence-electron chi connectivity index (χ0n) is 13.5. The molecule has 1 heterocycles. The molecular weight excluding hydrogens is 318 g/mol. The van der Waals surface area contributed by atoms with Crippen molar-refractivity contribution in [2.45, 2.75) is 11.8 Å². The lowest BCUT2D eigenvalue weighted by molar-refractivity contribution is 0.0951. The van der Waals surface area contributed by atoms with Crippen molar-refractivity contribution in [1.82, 2.24) is 15.1 Å². The summed E-state index contributed by atoms with van der Waals surface area (Å²) in [7, 11) is 0. The number of hydrogen-bond donors (Lipinski definition) is 1. The minimum Gasteiger partial charge on any atom is -0.350 e. The molecule has 0 bridgehead atoms. The summed E-state index contributed by atoms with van der Waals surface area (Å²) in [6, 6.07) is 21.8. The molecule has 0 aliphatic rings. The third-order valence-electron chi connectivity index (χ3n) is 3.52. The van der Waals surface area contributed by atoms with E-state index in [1.807, 2.05) is 61.5 Å². The van der Waals surface area contributed by atoms with Crippen molar-refractivity contribution in [1.29, 1.82) is 0 Å². The Balaban J connectivity index is 1.56. The minimum absolute atomic E-state index is 0.138. The van der Waals surface area contributed by atoms with Gasteiger partial charge in [0.05, 0.1) is 5.69 Å². The number of para-hydroxylation sites is 1. The molecule has 0 saturated heterocycles. The zero-order valence-corrected chi connectivity index (χ0v) is 14.3. The van der Waals surface area contributed by atoms with Crippen LogP contribution < -0.4 is 5.32 Å². The van der Waals surface area contributed by atoms with Crippen molar-refractivity contribution in [3.05, 3.63) is 78.1 Å². The van der Waals surface area contributed by atoms with E-state index in [1.165, 1.54) is 4.90 Å². The molecule has 4 nitrogen and oxygen atoms in total. The smallest absolute Gasteiger partial charge is 0.271 e. The Hall–Kier alpha value is -2.53. The first kappa shape index (κ1) is 16.3. The van der Waals surface area contributed by atoms with Crippen LogP contribution >= 0.6 is 11.8 Å². The Morgan fingerprint density at radius 3 is 2.46 bits per heavy atom. The van der Waals surface area contributed by atoms with E-state index in [2.05, 4.69) is 22.5 Å². The summed E-state index contributed by atoms with van der Waals surface area (Å²) >= 11 is 1.72. The van der Waals surface area contributed by atoms with Gasteiger partial charge in [0, 0.05) is 22.9 Å². The average Bonchev–Trinajstić information content (AvgIpc) is 3.02. The van der Waals surface area contributed by atoms with Gasteiger partial charge in [0.25, 0.3) is 5.91 Å². The SMILES string of the molecule is Cc1cc(C(=O)NCCSc2ccccc2)nn1-c1ccccc1. The monoisotopic (exact) mass is 337 g/mol. The zero-order chi connectivity index (χ0) is 16.8. The van der Waals surface area contributed by atoms with Gasteiger partial charge in [-0.05, 0) is 37.3 Å². The van der Waals surface area contributed by atoms with Gasteiger partial charge in [-0.25, -0.2) is 4.68 Å². The predicted molar refractivity (Wildman–Crippen MR) is 97.8 cm³/mol. The summed E-state index contributed by atoms with van der Waals surface area (Å²) in [5, 5.41) is 7.34. The molecule has 24 heavy (non-hydrogen) atoms. The van der Waals surface area contributed by atoms with Gasteiger partial charge in [0.2, 0.25) is 0 Å². The summed E-state index contributed by atoms with van der Waals surface area (Å²) in [5.41, 5.74) is 2.33. The van der Waals surface area contributed by atoms with Crippen LogP contribution in [-0.4, -0.2) is 28.0 Å². The molecule has 3 aromatic rings. The van der Waals surface area contributed by atoms with Gasteiger partial charge in [-0.1, -0.05) is 36.4 Å². The van der Waals surface area contributed by atoms with E-state index in [0.717, 1.165) is 17.1 Å². The van der Waals surface area contributed by atoms with Crippen molar-refractivity contribution >= 4 is 17.7 Å². The van der Waals surface area contributed by atoms with Crippen LogP contribution in [0.1, 0.15) is 16.2 Å². The Bertz CT molecular complexity index is 800. The van der Waals surface area contributed by atoms with E-state index in [-0.39, 0.29) is 5.91 Å². The predicted octanol–water partition coefficient (Wildman–Crippen LogP) is 3.70. The van der Waals surface area contributed by atoms with Crippen molar-refractivity contribution < 1.29 is 4.79 Å². The van der Waals surface area contributed by atoms with Crippen LogP contribution in [-0.2, 0) is 0 Å². The molecule has 0 atom stereocenters. The summed E-state index contributed by atoms with van der Waals surface area (Å²) in [6.45, 7) is 2.55. The maximum atomic E-state index is 12.3. The summed E-state index contributed by atoms with van der Waals surface area (Å²) in [6.07, 6.45) is 0. The van der Waals surface area contributed by atoms with E-state index < -0.39 is 0 Å². The van der Waals surface area contributed by atoms with Crippen LogP contribution in [0.4, 0.5) is 0 Å². The fourth-order valence-corrected chi connectivity index (χ4v) is 3.15. The first-order chi connectivity index (χ1) is 11.7. The molecule has 0 saturated carbocycles. The normalized spacial score (nSPS) is 10.5. The molecule has 1 amide bonds. The number of carbonyl (C=O) groups is 1. The maximum Gasteiger partial charge on any atom is 0.271 e. The second-order valence-corrected chi connectivity index (χ2v) is 6.50. The standard InChI is InChI=1S/C19H19N3OS/c1-15-14-18(21-22(15)16-8-4-2-5-9-16)19(23)20-12-13-24-17-10-6-3-7-11-17/h2-11,14H,12-13H2,1H3,(H,20,23). The highest BCUT2D eigenvalue weighted by atomic mass is 32.2. The van der Waals surface area contributed by atoms with E-state index in [9.17, 15) is 4.79 Å². The second-order valence-electron chi connectivity index (χ2n) is 5.34. The molecule has 5 heteroatoms. The van der Waals surface area contributed by atoms with Gasteiger partial charge in [0.15, 0.2) is 5.69 Å². The van der Waals surface area contributed by atoms with E-state index in [1.54, 1.807) is 16.4 Å². The van der Waals surface area contributed by atoms with Crippen LogP contribution in [0, 0.1) is 6.92 Å². The van der Waals surface area contributed by atoms with Gasteiger partial charge in [0.1, 0.15) is 0 Å². The Morgan fingerprint density at radius 2 is 1.75 bits per heavy atom. The van der Waals surface area contributed by atoms with Crippen molar-refractivity contribution in [2.75, 3.05) is 12.3 Å². The number of nitrogens with zero attached hydrogens (tertiary/aromatic N) is 2. The molecule has 2 aromatic carbocycles. The molecule has 0 aliphatic heterocycles. The highest BCUT2D eigenvalue weighted by Gasteiger charge is 2.12. The number of hydrogen-bond acceptors (Lipinski definition) is 3. The number of nitrogens with one attached hydrogen (secondary N) is 1. The summed E-state index contributed by atoms with van der Waals surface area (Å²) < 4.78 is 1.79. The summed E-state index contributed by atoms with van der Waals surface area (Å²) in [5.74, 6) is 0.690. The third kappa shape index (κ3) is 4.06. The molecule has 0 aliphatic carbocycles. The number of carbonyl (C=O) groups excluding carboxylic acids is 1. The molecular formula is C19H19N3OS. The first-order valence-electron chi connectivity index (χ1n) is 7.82. The number of aryl methyl sites for hydroxylation is 1. The number of amides is 1. The molecule has 1 aromatic heterocycles. The van der Waals surface area contributed by atoms with Gasteiger partial charge in [-0.2, -0.15) is 5.10 Å². The topological polar surface area (TPSA) is 46.9 Å². The molecule has 0 radical (unpaired) electrons. The lowest BCUT2D eigenvalue weighted by Gasteiger charge is -2.04. The van der Waals surface area contributed by atoms with Crippen LogP contribution in [0.15, 0.2) is 71.6 Å². The quantitative estimate of drug-likeness (QED) is 0.551. The Kier molecular flexibility index (Phi) is 5.33. The highest BCUT2D eigenvalue weighted by molar-refractivity contribution is 7.99. The molecule has 1 N–H and O–H groups in total. The lowest BCUT2D eigenvalue weighted by Crippen LogP contribution is -2.26. The van der Waals surface area contributed by atoms with Crippen molar-refractivity contribution in [3.8, 4) is 5.69 Å². The molecule has 0 unspecified atom stereocenters. The number of thioether (sulfide) groups is 1. The molecule has 0 fully saturated rings. The fraction of sp³-hybridized carbons (Fsp3) is 0.158. The van der Waals surface area contributed by atoms with E-state index in [0.29, 0.717) is 12.2 Å². The van der Waals surface area contributed by atoms with Gasteiger partial charge >= 0.3 is 0 Å². The Morgan fingerprint density at radius 1 is 1.08 bits per heavy atom. The molecule has 3 rings (SSSR count). The van der Waals surface area contributed by atoms with Gasteiger partial charge in [-0.3, -0.25) is 4.79 Å². The molecule has 122 valence electrons. The number of rotatable bonds is 6. The highest BCUT2D eigenvalue weighted by Crippen LogP contribution is 2.16. The summed E-state index contributed by atoms with van der Waals surface area (Å²) in [4.78, 5) is 13.5. The largest absolute Gasteiger partial charge is 0.350 e. The Labute approximate surface area is 145 Å². The first-order valence-corrected chi connectivity index (χ1v) is 8.81. The van der Waals surface area contributed by atoms with Crippen LogP contribution in [0.25, 0.3) is 5.69 Å².